The van der Waals surface area contributed by atoms with Crippen molar-refractivity contribution in [1.82, 2.24) is 14.9 Å². The van der Waals surface area contributed by atoms with Gasteiger partial charge in [0.2, 0.25) is 0 Å². The predicted molar refractivity (Wildman–Crippen MR) is 95.2 cm³/mol. The lowest BCUT2D eigenvalue weighted by Crippen LogP contribution is -2.47. The number of alkyl halides is 3. The molecule has 27 heavy (non-hydrogen) atoms. The average molecular weight is 390 g/mol. The van der Waals surface area contributed by atoms with E-state index in [-0.39, 0.29) is 5.56 Å². The third kappa shape index (κ3) is 3.50. The summed E-state index contributed by atoms with van der Waals surface area (Å²) in [5.74, 6) is -0.681. The highest BCUT2D eigenvalue weighted by atomic mass is 32.1. The minimum absolute atomic E-state index is 0.207. The lowest BCUT2D eigenvalue weighted by molar-refractivity contribution is -0.144. The van der Waals surface area contributed by atoms with E-state index in [4.69, 9.17) is 0 Å². The number of pyridine rings is 1. The van der Waals surface area contributed by atoms with E-state index in [1.54, 1.807) is 48.0 Å². The van der Waals surface area contributed by atoms with Crippen molar-refractivity contribution in [3.63, 3.8) is 0 Å². The largest absolute Gasteiger partial charge is 0.406 e. The van der Waals surface area contributed by atoms with Crippen molar-refractivity contribution in [2.45, 2.75) is 12.3 Å². The smallest absolute Gasteiger partial charge is 0.359 e. The molecule has 0 bridgehead atoms. The van der Waals surface area contributed by atoms with E-state index in [9.17, 15) is 18.0 Å². The standard InChI is InChI=1S/C18H13F3N4OS/c19-18(20,21)10-25-15(23-12-6-2-1-5-11(12)17(25)26)14-9-27-16(24-14)13-7-3-4-8-22-13/h1-9,15,23H,10H2/t15-/m1/s1. The molecule has 5 nitrogen and oxygen atoms in total. The van der Waals surface area contributed by atoms with E-state index in [1.165, 1.54) is 17.4 Å². The average Bonchev–Trinajstić information content (AvgIpc) is 3.14. The normalized spacial score (nSPS) is 16.8. The van der Waals surface area contributed by atoms with Crippen LogP contribution in [0.2, 0.25) is 0 Å². The third-order valence-corrected chi connectivity index (χ3v) is 4.94. The van der Waals surface area contributed by atoms with E-state index < -0.39 is 24.8 Å². The van der Waals surface area contributed by atoms with Gasteiger partial charge >= 0.3 is 6.18 Å². The summed E-state index contributed by atoms with van der Waals surface area (Å²) in [6, 6.07) is 11.8. The predicted octanol–water partition coefficient (Wildman–Crippen LogP) is 4.33. The van der Waals surface area contributed by atoms with Crippen molar-refractivity contribution in [2.24, 2.45) is 0 Å². The zero-order valence-electron chi connectivity index (χ0n) is 13.8. The molecule has 0 spiro atoms. The monoisotopic (exact) mass is 390 g/mol. The first-order chi connectivity index (χ1) is 12.9. The van der Waals surface area contributed by atoms with Crippen molar-refractivity contribution in [1.29, 1.82) is 0 Å². The van der Waals surface area contributed by atoms with Gasteiger partial charge in [-0.25, -0.2) is 4.98 Å². The zero-order valence-corrected chi connectivity index (χ0v) is 14.6. The number of anilines is 1. The summed E-state index contributed by atoms with van der Waals surface area (Å²) in [5.41, 5.74) is 1.66. The molecule has 0 unspecified atom stereocenters. The van der Waals surface area contributed by atoms with Crippen molar-refractivity contribution in [3.8, 4) is 10.7 Å². The minimum atomic E-state index is -4.53. The molecule has 2 aromatic heterocycles. The number of nitrogens with zero attached hydrogens (tertiary/aromatic N) is 3. The SMILES string of the molecule is O=C1c2ccccc2N[C@@H](c2csc(-c3ccccn3)n2)N1CC(F)(F)F. The van der Waals surface area contributed by atoms with Crippen LogP contribution in [-0.4, -0.2) is 33.5 Å². The number of rotatable bonds is 3. The highest BCUT2D eigenvalue weighted by Crippen LogP contribution is 2.36. The van der Waals surface area contributed by atoms with Gasteiger partial charge in [0.15, 0.2) is 0 Å². The summed E-state index contributed by atoms with van der Waals surface area (Å²) in [7, 11) is 0. The number of nitrogens with one attached hydrogen (secondary N) is 1. The molecular formula is C18H13F3N4OS. The molecule has 0 saturated heterocycles. The second-order valence-electron chi connectivity index (χ2n) is 5.93. The van der Waals surface area contributed by atoms with Crippen LogP contribution in [0.4, 0.5) is 18.9 Å². The van der Waals surface area contributed by atoms with Crippen LogP contribution >= 0.6 is 11.3 Å². The number of amides is 1. The molecule has 0 aliphatic carbocycles. The van der Waals surface area contributed by atoms with Crippen LogP contribution in [-0.2, 0) is 0 Å². The highest BCUT2D eigenvalue weighted by molar-refractivity contribution is 7.13. The maximum atomic E-state index is 13.1. The quantitative estimate of drug-likeness (QED) is 0.723. The first-order valence-electron chi connectivity index (χ1n) is 8.02. The number of hydrogen-bond acceptors (Lipinski definition) is 5. The van der Waals surface area contributed by atoms with E-state index in [0.29, 0.717) is 22.1 Å². The van der Waals surface area contributed by atoms with Gasteiger partial charge in [-0.2, -0.15) is 13.2 Å². The highest BCUT2D eigenvalue weighted by Gasteiger charge is 2.41. The topological polar surface area (TPSA) is 58.1 Å². The molecule has 1 atom stereocenters. The van der Waals surface area contributed by atoms with Gasteiger partial charge in [-0.3, -0.25) is 9.78 Å². The Hall–Kier alpha value is -2.94. The first-order valence-corrected chi connectivity index (χ1v) is 8.90. The molecule has 1 amide bonds. The van der Waals surface area contributed by atoms with E-state index in [0.717, 1.165) is 4.90 Å². The van der Waals surface area contributed by atoms with Crippen molar-refractivity contribution in [3.05, 3.63) is 65.3 Å². The van der Waals surface area contributed by atoms with Crippen molar-refractivity contribution < 1.29 is 18.0 Å². The summed E-state index contributed by atoms with van der Waals surface area (Å²) < 4.78 is 39.3. The van der Waals surface area contributed by atoms with Crippen LogP contribution in [0.15, 0.2) is 54.0 Å². The Morgan fingerprint density at radius 3 is 2.67 bits per heavy atom. The first kappa shape index (κ1) is 17.5. The Bertz CT molecular complexity index is 974. The van der Waals surface area contributed by atoms with Crippen LogP contribution in [0.3, 0.4) is 0 Å². The summed E-state index contributed by atoms with van der Waals surface area (Å²) in [5, 5.41) is 5.23. The maximum Gasteiger partial charge on any atom is 0.406 e. The van der Waals surface area contributed by atoms with Crippen LogP contribution in [0.1, 0.15) is 22.2 Å². The molecule has 0 fully saturated rings. The maximum absolute atomic E-state index is 13.1. The summed E-state index contributed by atoms with van der Waals surface area (Å²) in [6.07, 6.45) is -3.92. The summed E-state index contributed by atoms with van der Waals surface area (Å²) >= 11 is 1.27. The van der Waals surface area contributed by atoms with Crippen LogP contribution < -0.4 is 5.32 Å². The van der Waals surface area contributed by atoms with Gasteiger partial charge in [-0.15, -0.1) is 11.3 Å². The number of carbonyl (C=O) groups excluding carboxylic acids is 1. The van der Waals surface area contributed by atoms with Gasteiger partial charge < -0.3 is 10.2 Å². The lowest BCUT2D eigenvalue weighted by Gasteiger charge is -2.37. The van der Waals surface area contributed by atoms with Gasteiger partial charge in [-0.1, -0.05) is 18.2 Å². The molecule has 1 aliphatic heterocycles. The Balaban J connectivity index is 1.73. The number of para-hydroxylation sites is 1. The number of carbonyl (C=O) groups is 1. The number of aromatic nitrogens is 2. The Kier molecular flexibility index (Phi) is 4.31. The third-order valence-electron chi connectivity index (χ3n) is 4.06. The van der Waals surface area contributed by atoms with Crippen LogP contribution in [0, 0.1) is 0 Å². The second kappa shape index (κ2) is 6.66. The molecule has 3 aromatic rings. The molecule has 138 valence electrons. The summed E-state index contributed by atoms with van der Waals surface area (Å²) in [4.78, 5) is 22.1. The van der Waals surface area contributed by atoms with Gasteiger partial charge in [-0.05, 0) is 24.3 Å². The fourth-order valence-corrected chi connectivity index (χ4v) is 3.71. The summed E-state index contributed by atoms with van der Waals surface area (Å²) in [6.45, 7) is -1.37. The van der Waals surface area contributed by atoms with Gasteiger partial charge in [0, 0.05) is 17.3 Å². The lowest BCUT2D eigenvalue weighted by atomic mass is 10.1. The molecule has 4 rings (SSSR count). The molecule has 1 N–H and O–H groups in total. The van der Waals surface area contributed by atoms with Crippen molar-refractivity contribution >= 4 is 22.9 Å². The van der Waals surface area contributed by atoms with E-state index in [2.05, 4.69) is 15.3 Å². The zero-order chi connectivity index (χ0) is 19.0. The van der Waals surface area contributed by atoms with E-state index >= 15 is 0 Å². The van der Waals surface area contributed by atoms with Crippen LogP contribution in [0.25, 0.3) is 10.7 Å². The molecule has 3 heterocycles. The number of thiazole rings is 1. The number of hydrogen-bond donors (Lipinski definition) is 1. The molecule has 1 aromatic carbocycles. The van der Waals surface area contributed by atoms with E-state index in [1.807, 2.05) is 0 Å². The van der Waals surface area contributed by atoms with Gasteiger partial charge in [0.1, 0.15) is 17.7 Å². The number of fused-ring (bicyclic) bond motifs is 1. The Labute approximate surface area is 156 Å². The van der Waals surface area contributed by atoms with Gasteiger partial charge in [0.05, 0.1) is 17.0 Å². The second-order valence-corrected chi connectivity index (χ2v) is 6.79. The Morgan fingerprint density at radius 1 is 1.15 bits per heavy atom. The molecule has 0 radical (unpaired) electrons. The molecule has 0 saturated carbocycles. The number of halogens is 3. The Morgan fingerprint density at radius 2 is 1.93 bits per heavy atom. The molecule has 9 heteroatoms. The fraction of sp³-hybridized carbons (Fsp3) is 0.167. The molecular weight excluding hydrogens is 377 g/mol. The van der Waals surface area contributed by atoms with Crippen LogP contribution in [0.5, 0.6) is 0 Å². The molecule has 1 aliphatic rings. The minimum Gasteiger partial charge on any atom is -0.359 e. The fourth-order valence-electron chi connectivity index (χ4n) is 2.90. The van der Waals surface area contributed by atoms with Gasteiger partial charge in [0.25, 0.3) is 5.91 Å². The van der Waals surface area contributed by atoms with Crippen molar-refractivity contribution in [2.75, 3.05) is 11.9 Å². The number of benzene rings is 1.